The molecule has 3 nitrogen and oxygen atoms in total. The van der Waals surface area contributed by atoms with Crippen LogP contribution in [-0.2, 0) is 15.4 Å². The minimum absolute atomic E-state index is 0.179. The summed E-state index contributed by atoms with van der Waals surface area (Å²) in [6, 6.07) is 7.62. The molecule has 1 rings (SSSR count). The van der Waals surface area contributed by atoms with Crippen molar-refractivity contribution < 1.29 is 14.3 Å². The van der Waals surface area contributed by atoms with Gasteiger partial charge in [-0.3, -0.25) is 4.79 Å². The van der Waals surface area contributed by atoms with Crippen LogP contribution in [0.25, 0.3) is 0 Å². The summed E-state index contributed by atoms with van der Waals surface area (Å²) >= 11 is 5.78. The van der Waals surface area contributed by atoms with Gasteiger partial charge in [-0.05, 0) is 19.4 Å². The van der Waals surface area contributed by atoms with Gasteiger partial charge in [0.2, 0.25) is 0 Å². The van der Waals surface area contributed by atoms with Crippen molar-refractivity contribution >= 4 is 17.6 Å². The first kappa shape index (κ1) is 13.8. The zero-order chi connectivity index (χ0) is 12.5. The van der Waals surface area contributed by atoms with Crippen molar-refractivity contribution in [3.05, 3.63) is 29.8 Å². The molecule has 1 aromatic carbocycles. The Morgan fingerprint density at radius 3 is 2.82 bits per heavy atom. The average molecular weight is 257 g/mol. The maximum absolute atomic E-state index is 11.1. The van der Waals surface area contributed by atoms with Gasteiger partial charge in [0.05, 0.1) is 19.1 Å². The smallest absolute Gasteiger partial charge is 0.305 e. The molecule has 0 saturated carbocycles. The molecule has 0 heterocycles. The van der Waals surface area contributed by atoms with Crippen LogP contribution in [0.1, 0.15) is 25.3 Å². The second-order valence-electron chi connectivity index (χ2n) is 3.50. The molecule has 1 aromatic rings. The third-order valence-electron chi connectivity index (χ3n) is 2.20. The Hall–Kier alpha value is -1.22. The molecule has 0 unspecified atom stereocenters. The first-order valence-electron chi connectivity index (χ1n) is 5.70. The molecule has 0 spiro atoms. The number of hydrogen-bond acceptors (Lipinski definition) is 3. The second-order valence-corrected chi connectivity index (χ2v) is 3.77. The molecular formula is C13H17ClO3. The maximum atomic E-state index is 11.1. The molecule has 0 aromatic heterocycles. The van der Waals surface area contributed by atoms with Gasteiger partial charge >= 0.3 is 5.97 Å². The van der Waals surface area contributed by atoms with E-state index < -0.39 is 0 Å². The average Bonchev–Trinajstić information content (AvgIpc) is 2.35. The summed E-state index contributed by atoms with van der Waals surface area (Å²) in [5.74, 6) is 1.03. The summed E-state index contributed by atoms with van der Waals surface area (Å²) in [5, 5.41) is 0. The molecule has 0 aliphatic rings. The first-order chi connectivity index (χ1) is 8.27. The van der Waals surface area contributed by atoms with E-state index in [2.05, 4.69) is 0 Å². The summed E-state index contributed by atoms with van der Waals surface area (Å²) in [6.45, 7) is 2.71. The van der Waals surface area contributed by atoms with Gasteiger partial charge < -0.3 is 9.47 Å². The van der Waals surface area contributed by atoms with Crippen molar-refractivity contribution in [1.29, 1.82) is 0 Å². The van der Waals surface area contributed by atoms with Crippen LogP contribution in [0.4, 0.5) is 0 Å². The van der Waals surface area contributed by atoms with Gasteiger partial charge in [-0.1, -0.05) is 18.2 Å². The Morgan fingerprint density at radius 2 is 2.12 bits per heavy atom. The fourth-order valence-electron chi connectivity index (χ4n) is 1.39. The molecule has 4 heteroatoms. The topological polar surface area (TPSA) is 35.5 Å². The van der Waals surface area contributed by atoms with Crippen LogP contribution in [0.5, 0.6) is 5.75 Å². The van der Waals surface area contributed by atoms with Gasteiger partial charge in [-0.15, -0.1) is 11.6 Å². The Morgan fingerprint density at radius 1 is 1.35 bits per heavy atom. The van der Waals surface area contributed by atoms with Crippen molar-refractivity contribution in [3.63, 3.8) is 0 Å². The van der Waals surface area contributed by atoms with E-state index in [1.54, 1.807) is 6.92 Å². The largest absolute Gasteiger partial charge is 0.493 e. The molecule has 0 N–H and O–H groups in total. The van der Waals surface area contributed by atoms with E-state index in [9.17, 15) is 4.79 Å². The number of carbonyl (C=O) groups is 1. The van der Waals surface area contributed by atoms with Crippen molar-refractivity contribution in [1.82, 2.24) is 0 Å². The highest BCUT2D eigenvalue weighted by atomic mass is 35.5. The molecule has 0 atom stereocenters. The number of rotatable bonds is 7. The molecule has 0 radical (unpaired) electrons. The van der Waals surface area contributed by atoms with Crippen LogP contribution >= 0.6 is 11.6 Å². The normalized spacial score (nSPS) is 10.0. The van der Waals surface area contributed by atoms with Crippen molar-refractivity contribution in [2.45, 2.75) is 25.6 Å². The number of esters is 1. The number of alkyl halides is 1. The van der Waals surface area contributed by atoms with E-state index in [-0.39, 0.29) is 5.97 Å². The van der Waals surface area contributed by atoms with Gasteiger partial charge in [-0.25, -0.2) is 0 Å². The highest BCUT2D eigenvalue weighted by Gasteiger charge is 2.03. The van der Waals surface area contributed by atoms with Gasteiger partial charge in [0.1, 0.15) is 5.75 Å². The molecule has 17 heavy (non-hydrogen) atoms. The van der Waals surface area contributed by atoms with Crippen molar-refractivity contribution in [2.24, 2.45) is 0 Å². The third kappa shape index (κ3) is 5.09. The molecule has 0 bridgehead atoms. The minimum Gasteiger partial charge on any atom is -0.493 e. The zero-order valence-corrected chi connectivity index (χ0v) is 10.7. The minimum atomic E-state index is -0.179. The number of para-hydroxylation sites is 1. The second kappa shape index (κ2) is 7.96. The predicted octanol–water partition coefficient (Wildman–Crippen LogP) is 3.15. The predicted molar refractivity (Wildman–Crippen MR) is 67.4 cm³/mol. The Bertz CT molecular complexity index is 352. The van der Waals surface area contributed by atoms with E-state index in [4.69, 9.17) is 21.1 Å². The van der Waals surface area contributed by atoms with Gasteiger partial charge in [0, 0.05) is 12.0 Å². The van der Waals surface area contributed by atoms with Crippen LogP contribution in [0.3, 0.4) is 0 Å². The van der Waals surface area contributed by atoms with E-state index in [0.29, 0.717) is 31.9 Å². The maximum Gasteiger partial charge on any atom is 0.305 e. The summed E-state index contributed by atoms with van der Waals surface area (Å²) in [6.07, 6.45) is 1.03. The molecule has 0 aliphatic heterocycles. The van der Waals surface area contributed by atoms with Crippen molar-refractivity contribution in [3.8, 4) is 5.75 Å². The summed E-state index contributed by atoms with van der Waals surface area (Å²) in [5.41, 5.74) is 0.963. The van der Waals surface area contributed by atoms with Crippen LogP contribution in [0.2, 0.25) is 0 Å². The molecule has 0 amide bonds. The lowest BCUT2D eigenvalue weighted by molar-refractivity contribution is -0.143. The van der Waals surface area contributed by atoms with Crippen molar-refractivity contribution in [2.75, 3.05) is 13.2 Å². The van der Waals surface area contributed by atoms with E-state index in [0.717, 1.165) is 11.3 Å². The summed E-state index contributed by atoms with van der Waals surface area (Å²) in [7, 11) is 0. The summed E-state index contributed by atoms with van der Waals surface area (Å²) in [4.78, 5) is 11.1. The number of carbonyl (C=O) groups excluding carboxylic acids is 1. The van der Waals surface area contributed by atoms with Crippen LogP contribution < -0.4 is 4.74 Å². The van der Waals surface area contributed by atoms with E-state index >= 15 is 0 Å². The monoisotopic (exact) mass is 256 g/mol. The Balaban J connectivity index is 2.28. The van der Waals surface area contributed by atoms with Crippen LogP contribution in [0.15, 0.2) is 24.3 Å². The lowest BCUT2D eigenvalue weighted by Crippen LogP contribution is -2.07. The zero-order valence-electron chi connectivity index (χ0n) is 9.95. The molecule has 0 fully saturated rings. The Labute approximate surface area is 107 Å². The fourth-order valence-corrected chi connectivity index (χ4v) is 1.61. The Kier molecular flexibility index (Phi) is 6.48. The highest BCUT2D eigenvalue weighted by molar-refractivity contribution is 6.17. The number of hydrogen-bond donors (Lipinski definition) is 0. The van der Waals surface area contributed by atoms with Crippen LogP contribution in [0, 0.1) is 0 Å². The lowest BCUT2D eigenvalue weighted by atomic mass is 10.2. The number of halogens is 1. The standard InChI is InChI=1S/C13H17ClO3/c1-2-16-13(15)8-5-9-17-12-7-4-3-6-11(12)10-14/h3-4,6-7H,2,5,8-10H2,1H3. The first-order valence-corrected chi connectivity index (χ1v) is 6.23. The third-order valence-corrected chi connectivity index (χ3v) is 2.49. The van der Waals surface area contributed by atoms with Gasteiger partial charge in [0.15, 0.2) is 0 Å². The lowest BCUT2D eigenvalue weighted by Gasteiger charge is -2.09. The van der Waals surface area contributed by atoms with E-state index in [1.165, 1.54) is 0 Å². The molecule has 0 saturated heterocycles. The number of ether oxygens (including phenoxy) is 2. The fraction of sp³-hybridized carbons (Fsp3) is 0.462. The van der Waals surface area contributed by atoms with Gasteiger partial charge in [0.25, 0.3) is 0 Å². The van der Waals surface area contributed by atoms with E-state index in [1.807, 2.05) is 24.3 Å². The molecular weight excluding hydrogens is 240 g/mol. The molecule has 0 aliphatic carbocycles. The SMILES string of the molecule is CCOC(=O)CCCOc1ccccc1CCl. The highest BCUT2D eigenvalue weighted by Crippen LogP contribution is 2.19. The summed E-state index contributed by atoms with van der Waals surface area (Å²) < 4.78 is 10.4. The van der Waals surface area contributed by atoms with Crippen LogP contribution in [-0.4, -0.2) is 19.2 Å². The quantitative estimate of drug-likeness (QED) is 0.427. The number of benzene rings is 1. The molecule has 94 valence electrons. The van der Waals surface area contributed by atoms with Gasteiger partial charge in [-0.2, -0.15) is 0 Å².